The predicted molar refractivity (Wildman–Crippen MR) is 97.5 cm³/mol. The van der Waals surface area contributed by atoms with Crippen LogP contribution in [-0.4, -0.2) is 57.1 Å². The Kier molecular flexibility index (Phi) is 4.53. The lowest BCUT2D eigenvalue weighted by Crippen LogP contribution is -2.37. The molecule has 0 N–H and O–H groups in total. The molecule has 1 unspecified atom stereocenters. The third kappa shape index (κ3) is 3.16. The molecular weight excluding hydrogens is 346 g/mol. The van der Waals surface area contributed by atoms with Gasteiger partial charge in [-0.25, -0.2) is 0 Å². The Morgan fingerprint density at radius 2 is 2.04 bits per heavy atom. The number of aromatic nitrogens is 4. The van der Waals surface area contributed by atoms with Crippen molar-refractivity contribution in [3.05, 3.63) is 29.2 Å². The topological polar surface area (TPSA) is 86.3 Å². The van der Waals surface area contributed by atoms with E-state index in [-0.39, 0.29) is 23.2 Å². The van der Waals surface area contributed by atoms with E-state index < -0.39 is 0 Å². The first kappa shape index (κ1) is 18.2. The first-order valence-electron chi connectivity index (χ1n) is 9.60. The molecule has 1 atom stereocenters. The van der Waals surface area contributed by atoms with Crippen molar-refractivity contribution in [3.63, 3.8) is 0 Å². The summed E-state index contributed by atoms with van der Waals surface area (Å²) in [7, 11) is 1.81. The molecule has 0 bridgehead atoms. The maximum absolute atomic E-state index is 13.2. The molecule has 4 rings (SSSR count). The molecule has 8 nitrogen and oxygen atoms in total. The van der Waals surface area contributed by atoms with Crippen molar-refractivity contribution in [1.82, 2.24) is 24.9 Å². The average Bonchev–Trinajstić information content (AvgIpc) is 3.33. The summed E-state index contributed by atoms with van der Waals surface area (Å²) in [5.74, 6) is 1.54. The zero-order valence-electron chi connectivity index (χ0n) is 16.4. The molecule has 0 saturated carbocycles. The summed E-state index contributed by atoms with van der Waals surface area (Å²) in [4.78, 5) is 15.1. The van der Waals surface area contributed by atoms with Gasteiger partial charge in [0.15, 0.2) is 0 Å². The second-order valence-electron chi connectivity index (χ2n) is 8.14. The summed E-state index contributed by atoms with van der Waals surface area (Å²) >= 11 is 0. The zero-order chi connectivity index (χ0) is 19.2. The van der Waals surface area contributed by atoms with Crippen molar-refractivity contribution in [2.75, 3.05) is 26.3 Å². The second kappa shape index (κ2) is 6.74. The van der Waals surface area contributed by atoms with Gasteiger partial charge in [0.25, 0.3) is 5.91 Å². The normalized spacial score (nSPS) is 22.1. The van der Waals surface area contributed by atoms with E-state index in [4.69, 9.17) is 9.15 Å². The van der Waals surface area contributed by atoms with E-state index in [9.17, 15) is 4.79 Å². The van der Waals surface area contributed by atoms with E-state index in [2.05, 4.69) is 15.3 Å². The van der Waals surface area contributed by atoms with E-state index in [1.807, 2.05) is 38.8 Å². The Balaban J connectivity index is 1.65. The van der Waals surface area contributed by atoms with Gasteiger partial charge in [-0.3, -0.25) is 9.48 Å². The average molecular weight is 373 g/mol. The number of hydrogen-bond acceptors (Lipinski definition) is 6. The van der Waals surface area contributed by atoms with E-state index in [1.54, 1.807) is 4.68 Å². The molecule has 146 valence electrons. The molecule has 0 aromatic carbocycles. The van der Waals surface area contributed by atoms with Crippen LogP contribution in [0.15, 0.2) is 10.5 Å². The van der Waals surface area contributed by atoms with Crippen LogP contribution in [-0.2, 0) is 11.8 Å². The van der Waals surface area contributed by atoms with Crippen LogP contribution in [0.4, 0.5) is 0 Å². The smallest absolute Gasteiger partial charge is 0.272 e. The van der Waals surface area contributed by atoms with E-state index >= 15 is 0 Å². The van der Waals surface area contributed by atoms with E-state index in [1.165, 1.54) is 0 Å². The zero-order valence-corrected chi connectivity index (χ0v) is 16.4. The number of aryl methyl sites for hydroxylation is 2. The molecule has 1 amide bonds. The van der Waals surface area contributed by atoms with Gasteiger partial charge in [0.05, 0.1) is 11.6 Å². The summed E-state index contributed by atoms with van der Waals surface area (Å²) < 4.78 is 13.3. The minimum absolute atomic E-state index is 0.00932. The lowest BCUT2D eigenvalue weighted by atomic mass is 9.72. The molecule has 8 heteroatoms. The fraction of sp³-hybridized carbons (Fsp3) is 0.684. The summed E-state index contributed by atoms with van der Waals surface area (Å²) in [6, 6.07) is 1.84. The van der Waals surface area contributed by atoms with Crippen molar-refractivity contribution in [2.45, 2.75) is 45.4 Å². The van der Waals surface area contributed by atoms with Gasteiger partial charge < -0.3 is 14.1 Å². The Labute approximate surface area is 158 Å². The fourth-order valence-corrected chi connectivity index (χ4v) is 4.34. The molecule has 0 aliphatic carbocycles. The highest BCUT2D eigenvalue weighted by Gasteiger charge is 2.51. The molecule has 2 fully saturated rings. The number of nitrogens with zero attached hydrogens (tertiary/aromatic N) is 5. The largest absolute Gasteiger partial charge is 0.425 e. The summed E-state index contributed by atoms with van der Waals surface area (Å²) in [5.41, 5.74) is 1.39. The monoisotopic (exact) mass is 373 g/mol. The molecule has 2 aliphatic rings. The minimum atomic E-state index is -0.0671. The van der Waals surface area contributed by atoms with Crippen molar-refractivity contribution in [2.24, 2.45) is 12.5 Å². The third-order valence-electron chi connectivity index (χ3n) is 5.89. The van der Waals surface area contributed by atoms with Crippen molar-refractivity contribution in [3.8, 4) is 0 Å². The van der Waals surface area contributed by atoms with Crippen LogP contribution in [0.3, 0.4) is 0 Å². The highest BCUT2D eigenvalue weighted by Crippen LogP contribution is 2.49. The van der Waals surface area contributed by atoms with Crippen LogP contribution < -0.4 is 0 Å². The maximum Gasteiger partial charge on any atom is 0.272 e. The van der Waals surface area contributed by atoms with Gasteiger partial charge in [0, 0.05) is 44.7 Å². The molecule has 2 saturated heterocycles. The van der Waals surface area contributed by atoms with Gasteiger partial charge in [-0.1, -0.05) is 13.8 Å². The summed E-state index contributed by atoms with van der Waals surface area (Å²) in [5, 5.41) is 12.9. The SMILES string of the molecule is Cc1cc(C(=O)N2CC(c3nnc(C(C)C)o3)C3(CCOCC3)C2)n(C)n1. The first-order chi connectivity index (χ1) is 12.9. The third-order valence-corrected chi connectivity index (χ3v) is 5.89. The number of carbonyl (C=O) groups excluding carboxylic acids is 1. The minimum Gasteiger partial charge on any atom is -0.425 e. The number of rotatable bonds is 3. The van der Waals surface area contributed by atoms with Crippen molar-refractivity contribution >= 4 is 5.91 Å². The van der Waals surface area contributed by atoms with Gasteiger partial charge in [-0.15, -0.1) is 10.2 Å². The highest BCUT2D eigenvalue weighted by molar-refractivity contribution is 5.93. The number of likely N-dealkylation sites (tertiary alicyclic amines) is 1. The Morgan fingerprint density at radius 3 is 2.63 bits per heavy atom. The van der Waals surface area contributed by atoms with E-state index in [0.29, 0.717) is 43.8 Å². The lowest BCUT2D eigenvalue weighted by Gasteiger charge is -2.36. The van der Waals surface area contributed by atoms with Gasteiger partial charge in [0.2, 0.25) is 11.8 Å². The lowest BCUT2D eigenvalue weighted by molar-refractivity contribution is 0.00882. The summed E-state index contributed by atoms with van der Waals surface area (Å²) in [6.45, 7) is 8.65. The molecule has 0 radical (unpaired) electrons. The number of hydrogen-bond donors (Lipinski definition) is 0. The number of carbonyl (C=O) groups is 1. The van der Waals surface area contributed by atoms with E-state index in [0.717, 1.165) is 18.5 Å². The second-order valence-corrected chi connectivity index (χ2v) is 8.14. The standard InChI is InChI=1S/C19H27N5O3/c1-12(2)16-20-21-17(27-16)14-10-24(11-19(14)5-7-26-8-6-19)18(25)15-9-13(3)22-23(15)4/h9,12,14H,5-8,10-11H2,1-4H3. The molecular formula is C19H27N5O3. The fourth-order valence-electron chi connectivity index (χ4n) is 4.34. The number of ether oxygens (including phenoxy) is 1. The predicted octanol–water partition coefficient (Wildman–Crippen LogP) is 2.27. The van der Waals surface area contributed by atoms with Crippen LogP contribution in [0.5, 0.6) is 0 Å². The van der Waals surface area contributed by atoms with Crippen molar-refractivity contribution in [1.29, 1.82) is 0 Å². The van der Waals surface area contributed by atoms with Crippen LogP contribution >= 0.6 is 0 Å². The Bertz CT molecular complexity index is 834. The molecule has 2 aliphatic heterocycles. The molecule has 2 aromatic heterocycles. The quantitative estimate of drug-likeness (QED) is 0.820. The Hall–Kier alpha value is -2.22. The molecule has 4 heterocycles. The van der Waals surface area contributed by atoms with Gasteiger partial charge >= 0.3 is 0 Å². The highest BCUT2D eigenvalue weighted by atomic mass is 16.5. The van der Waals surface area contributed by atoms with Crippen LogP contribution in [0.2, 0.25) is 0 Å². The van der Waals surface area contributed by atoms with Gasteiger partial charge in [-0.05, 0) is 25.8 Å². The van der Waals surface area contributed by atoms with Crippen LogP contribution in [0.25, 0.3) is 0 Å². The van der Waals surface area contributed by atoms with Gasteiger partial charge in [-0.2, -0.15) is 5.10 Å². The first-order valence-corrected chi connectivity index (χ1v) is 9.60. The van der Waals surface area contributed by atoms with Crippen LogP contribution in [0.1, 0.15) is 66.5 Å². The van der Waals surface area contributed by atoms with Crippen LogP contribution in [0, 0.1) is 12.3 Å². The molecule has 1 spiro atoms. The molecule has 2 aromatic rings. The van der Waals surface area contributed by atoms with Crippen molar-refractivity contribution < 1.29 is 13.9 Å². The summed E-state index contributed by atoms with van der Waals surface area (Å²) in [6.07, 6.45) is 1.79. The van der Waals surface area contributed by atoms with Gasteiger partial charge in [0.1, 0.15) is 5.69 Å². The molecule has 27 heavy (non-hydrogen) atoms. The Morgan fingerprint density at radius 1 is 1.30 bits per heavy atom. The maximum atomic E-state index is 13.2. The number of amides is 1.